The standard InChI is InChI=1S/C15H22N2O3S/c18-15(14-3-1-7-20-14)17-4-2-10-21-12-13(17)11-16-5-8-19-9-6-16/h1,3,7,13H,2,4-6,8-12H2/t13-/m1/s1. The van der Waals surface area contributed by atoms with E-state index >= 15 is 0 Å². The van der Waals surface area contributed by atoms with E-state index in [1.807, 2.05) is 16.7 Å². The summed E-state index contributed by atoms with van der Waals surface area (Å²) in [4.78, 5) is 17.1. The fraction of sp³-hybridized carbons (Fsp3) is 0.667. The molecule has 0 bridgehead atoms. The van der Waals surface area contributed by atoms with E-state index in [0.29, 0.717) is 5.76 Å². The predicted molar refractivity (Wildman–Crippen MR) is 82.7 cm³/mol. The van der Waals surface area contributed by atoms with Crippen LogP contribution in [0.15, 0.2) is 22.8 Å². The van der Waals surface area contributed by atoms with Gasteiger partial charge in [0, 0.05) is 31.9 Å². The summed E-state index contributed by atoms with van der Waals surface area (Å²) in [6.07, 6.45) is 2.62. The zero-order chi connectivity index (χ0) is 14.5. The lowest BCUT2D eigenvalue weighted by Gasteiger charge is -2.35. The normalized spacial score (nSPS) is 24.8. The average molecular weight is 310 g/mol. The van der Waals surface area contributed by atoms with Crippen LogP contribution in [0.5, 0.6) is 0 Å². The number of furan rings is 1. The second-order valence-electron chi connectivity index (χ2n) is 5.47. The fourth-order valence-electron chi connectivity index (χ4n) is 2.87. The second kappa shape index (κ2) is 7.33. The smallest absolute Gasteiger partial charge is 0.289 e. The molecule has 21 heavy (non-hydrogen) atoms. The van der Waals surface area contributed by atoms with Crippen LogP contribution in [0.3, 0.4) is 0 Å². The highest BCUT2D eigenvalue weighted by atomic mass is 32.2. The molecule has 116 valence electrons. The quantitative estimate of drug-likeness (QED) is 0.848. The van der Waals surface area contributed by atoms with E-state index in [2.05, 4.69) is 4.90 Å². The van der Waals surface area contributed by atoms with Gasteiger partial charge in [-0.1, -0.05) is 0 Å². The van der Waals surface area contributed by atoms with E-state index < -0.39 is 0 Å². The molecule has 0 radical (unpaired) electrons. The third-order valence-corrected chi connectivity index (χ3v) is 5.20. The van der Waals surface area contributed by atoms with Crippen molar-refractivity contribution in [2.24, 2.45) is 0 Å². The molecule has 2 aliphatic heterocycles. The van der Waals surface area contributed by atoms with Gasteiger partial charge in [-0.25, -0.2) is 0 Å². The molecule has 1 aromatic rings. The van der Waals surface area contributed by atoms with Crippen molar-refractivity contribution >= 4 is 17.7 Å². The molecule has 5 nitrogen and oxygen atoms in total. The van der Waals surface area contributed by atoms with E-state index in [-0.39, 0.29) is 11.9 Å². The summed E-state index contributed by atoms with van der Waals surface area (Å²) in [5.41, 5.74) is 0. The maximum absolute atomic E-state index is 12.6. The maximum Gasteiger partial charge on any atom is 0.289 e. The van der Waals surface area contributed by atoms with Gasteiger partial charge in [0.25, 0.3) is 5.91 Å². The Morgan fingerprint density at radius 1 is 1.33 bits per heavy atom. The highest BCUT2D eigenvalue weighted by Gasteiger charge is 2.29. The minimum atomic E-state index is 0.0285. The van der Waals surface area contributed by atoms with Crippen LogP contribution in [0.1, 0.15) is 17.0 Å². The molecular formula is C15H22N2O3S. The van der Waals surface area contributed by atoms with Gasteiger partial charge in [-0.15, -0.1) is 0 Å². The van der Waals surface area contributed by atoms with Crippen LogP contribution in [-0.4, -0.2) is 72.6 Å². The van der Waals surface area contributed by atoms with Gasteiger partial charge in [0.1, 0.15) is 0 Å². The number of nitrogens with zero attached hydrogens (tertiary/aromatic N) is 2. The zero-order valence-electron chi connectivity index (χ0n) is 12.2. The predicted octanol–water partition coefficient (Wildman–Crippen LogP) is 1.56. The first-order chi connectivity index (χ1) is 10.3. The van der Waals surface area contributed by atoms with Crippen molar-refractivity contribution in [3.63, 3.8) is 0 Å². The Morgan fingerprint density at radius 3 is 2.95 bits per heavy atom. The lowest BCUT2D eigenvalue weighted by molar-refractivity contribution is 0.0239. The highest BCUT2D eigenvalue weighted by Crippen LogP contribution is 2.20. The van der Waals surface area contributed by atoms with Gasteiger partial charge in [0.05, 0.1) is 25.5 Å². The van der Waals surface area contributed by atoms with Crippen molar-refractivity contribution in [3.8, 4) is 0 Å². The summed E-state index contributed by atoms with van der Waals surface area (Å²) in [5, 5.41) is 0. The Hall–Kier alpha value is -0.980. The molecule has 0 saturated carbocycles. The first kappa shape index (κ1) is 14.9. The fourth-order valence-corrected chi connectivity index (χ4v) is 3.93. The molecule has 0 aromatic carbocycles. The Bertz CT molecular complexity index is 446. The Balaban J connectivity index is 1.69. The molecule has 0 spiro atoms. The van der Waals surface area contributed by atoms with Crippen LogP contribution < -0.4 is 0 Å². The highest BCUT2D eigenvalue weighted by molar-refractivity contribution is 7.99. The van der Waals surface area contributed by atoms with Crippen LogP contribution in [0.25, 0.3) is 0 Å². The monoisotopic (exact) mass is 310 g/mol. The molecule has 1 aromatic heterocycles. The number of thioether (sulfide) groups is 1. The number of morpholine rings is 1. The van der Waals surface area contributed by atoms with Crippen molar-refractivity contribution in [2.45, 2.75) is 12.5 Å². The number of carbonyl (C=O) groups excluding carboxylic acids is 1. The zero-order valence-corrected chi connectivity index (χ0v) is 13.0. The van der Waals surface area contributed by atoms with Crippen molar-refractivity contribution in [2.75, 3.05) is 50.9 Å². The van der Waals surface area contributed by atoms with E-state index in [1.54, 1.807) is 18.4 Å². The molecule has 0 aliphatic carbocycles. The second-order valence-corrected chi connectivity index (χ2v) is 6.62. The molecule has 0 unspecified atom stereocenters. The topological polar surface area (TPSA) is 45.9 Å². The molecule has 3 heterocycles. The van der Waals surface area contributed by atoms with Crippen LogP contribution in [0, 0.1) is 0 Å². The molecule has 2 saturated heterocycles. The first-order valence-electron chi connectivity index (χ1n) is 7.57. The number of rotatable bonds is 3. The molecule has 1 atom stereocenters. The van der Waals surface area contributed by atoms with Crippen molar-refractivity contribution in [1.29, 1.82) is 0 Å². The molecular weight excluding hydrogens is 288 g/mol. The SMILES string of the molecule is O=C(c1ccco1)N1CCCSC[C@H]1CN1CCOCC1. The van der Waals surface area contributed by atoms with E-state index in [9.17, 15) is 4.79 Å². The Labute approximate surface area is 129 Å². The van der Waals surface area contributed by atoms with Crippen LogP contribution in [0.2, 0.25) is 0 Å². The first-order valence-corrected chi connectivity index (χ1v) is 8.72. The molecule has 2 fully saturated rings. The van der Waals surface area contributed by atoms with Crippen molar-refractivity contribution in [1.82, 2.24) is 9.80 Å². The van der Waals surface area contributed by atoms with Gasteiger partial charge in [-0.05, 0) is 24.3 Å². The lowest BCUT2D eigenvalue weighted by Crippen LogP contribution is -2.50. The van der Waals surface area contributed by atoms with Crippen LogP contribution >= 0.6 is 11.8 Å². The molecule has 3 rings (SSSR count). The average Bonchev–Trinajstić information content (AvgIpc) is 2.96. The van der Waals surface area contributed by atoms with Gasteiger partial charge in [-0.3, -0.25) is 9.69 Å². The molecule has 6 heteroatoms. The maximum atomic E-state index is 12.6. The van der Waals surface area contributed by atoms with Gasteiger partial charge in [0.2, 0.25) is 0 Å². The van der Waals surface area contributed by atoms with Gasteiger partial charge >= 0.3 is 0 Å². The van der Waals surface area contributed by atoms with Gasteiger partial charge in [-0.2, -0.15) is 11.8 Å². The van der Waals surface area contributed by atoms with Crippen LogP contribution in [0.4, 0.5) is 0 Å². The summed E-state index contributed by atoms with van der Waals surface area (Å²) in [6, 6.07) is 3.79. The van der Waals surface area contributed by atoms with Crippen LogP contribution in [-0.2, 0) is 4.74 Å². The summed E-state index contributed by atoms with van der Waals surface area (Å²) in [5.74, 6) is 2.61. The minimum absolute atomic E-state index is 0.0285. The van der Waals surface area contributed by atoms with E-state index in [4.69, 9.17) is 9.15 Å². The number of carbonyl (C=O) groups is 1. The lowest BCUT2D eigenvalue weighted by atomic mass is 10.2. The van der Waals surface area contributed by atoms with Gasteiger partial charge in [0.15, 0.2) is 5.76 Å². The van der Waals surface area contributed by atoms with E-state index in [1.165, 1.54) is 0 Å². The number of hydrogen-bond acceptors (Lipinski definition) is 5. The Morgan fingerprint density at radius 2 is 2.19 bits per heavy atom. The summed E-state index contributed by atoms with van der Waals surface area (Å²) in [6.45, 7) is 5.27. The number of ether oxygens (including phenoxy) is 1. The minimum Gasteiger partial charge on any atom is -0.459 e. The number of hydrogen-bond donors (Lipinski definition) is 0. The van der Waals surface area contributed by atoms with Gasteiger partial charge < -0.3 is 14.1 Å². The van der Waals surface area contributed by atoms with Crippen molar-refractivity contribution < 1.29 is 13.9 Å². The third kappa shape index (κ3) is 3.81. The summed E-state index contributed by atoms with van der Waals surface area (Å²) >= 11 is 1.95. The third-order valence-electron chi connectivity index (χ3n) is 4.00. The van der Waals surface area contributed by atoms with Crippen molar-refractivity contribution in [3.05, 3.63) is 24.2 Å². The summed E-state index contributed by atoms with van der Waals surface area (Å²) in [7, 11) is 0. The molecule has 2 aliphatic rings. The molecule has 0 N–H and O–H groups in total. The number of amides is 1. The Kier molecular flexibility index (Phi) is 5.22. The largest absolute Gasteiger partial charge is 0.459 e. The molecule has 1 amide bonds. The van der Waals surface area contributed by atoms with E-state index in [0.717, 1.165) is 57.3 Å². The summed E-state index contributed by atoms with van der Waals surface area (Å²) < 4.78 is 10.7.